The van der Waals surface area contributed by atoms with Crippen molar-refractivity contribution in [3.05, 3.63) is 86.7 Å². The summed E-state index contributed by atoms with van der Waals surface area (Å²) in [5.74, 6) is 3.23. The largest absolute Gasteiger partial charge is 0.381 e. The molecule has 5 nitrogen and oxygen atoms in total. The highest BCUT2D eigenvalue weighted by atomic mass is 79.9. The Kier molecular flexibility index (Phi) is 22.4. The predicted octanol–water partition coefficient (Wildman–Crippen LogP) is 13.2. The second-order valence-corrected chi connectivity index (χ2v) is 23.5. The number of carbonyl (C=O) groups excluding carboxylic acids is 1. The zero-order chi connectivity index (χ0) is 40.7. The average molecular weight is 1000 g/mol. The summed E-state index contributed by atoms with van der Waals surface area (Å²) in [4.78, 5) is 16.2. The smallest absolute Gasteiger partial charge is 0.144 e. The fourth-order valence-corrected chi connectivity index (χ4v) is 10.9. The number of nitrogens with one attached hydrogen (secondary N) is 3. The number of Topliss-reactive ketones (excluding diaryl/α,β-unsaturated/α-hetero) is 1. The van der Waals surface area contributed by atoms with Gasteiger partial charge in [0.05, 0.1) is 17.3 Å². The number of ketones is 1. The summed E-state index contributed by atoms with van der Waals surface area (Å²) >= 11 is 15.9. The van der Waals surface area contributed by atoms with Gasteiger partial charge in [-0.25, -0.2) is 0 Å². The Morgan fingerprint density at radius 3 is 1.51 bits per heavy atom. The molecule has 3 atom stereocenters. The maximum Gasteiger partial charge on any atom is 0.144 e. The second kappa shape index (κ2) is 25.2. The summed E-state index contributed by atoms with van der Waals surface area (Å²) < 4.78 is 8.90. The number of hydrogen-bond acceptors (Lipinski definition) is 8. The van der Waals surface area contributed by atoms with Gasteiger partial charge in [-0.15, -0.1) is 34.0 Å². The van der Waals surface area contributed by atoms with Crippen LogP contribution in [0.15, 0.2) is 72.1 Å². The lowest BCUT2D eigenvalue weighted by Crippen LogP contribution is -2.37. The van der Waals surface area contributed by atoms with Gasteiger partial charge in [0.25, 0.3) is 0 Å². The molecule has 55 heavy (non-hydrogen) atoms. The van der Waals surface area contributed by atoms with Gasteiger partial charge in [0.15, 0.2) is 0 Å². The van der Waals surface area contributed by atoms with E-state index in [1.165, 1.54) is 47.9 Å². The van der Waals surface area contributed by atoms with Gasteiger partial charge >= 0.3 is 0 Å². The van der Waals surface area contributed by atoms with Gasteiger partial charge in [-0.2, -0.15) is 0 Å². The SMILES string of the molecule is C=C(C(C)C)[C@H](CNC1CCOCC1)c1ccc(Br)s1.C=C(C(C)C)[C@H](CNCC1CC1)c1ccc(Br)s1.CC(C)NC[C@@H](C(=O)C(C)C)c1ccc(Br)s1. The minimum absolute atomic E-state index is 0.0197. The molecule has 1 saturated heterocycles. The lowest BCUT2D eigenvalue weighted by molar-refractivity contribution is -0.123. The van der Waals surface area contributed by atoms with Crippen molar-refractivity contribution in [3.8, 4) is 0 Å². The minimum Gasteiger partial charge on any atom is -0.381 e. The number of rotatable bonds is 19. The molecule has 0 aromatic carbocycles. The number of hydrogen-bond donors (Lipinski definition) is 3. The molecule has 2 aliphatic rings. The number of carbonyl (C=O) groups is 1. The van der Waals surface area contributed by atoms with Crippen molar-refractivity contribution in [2.24, 2.45) is 23.7 Å². The first kappa shape index (κ1) is 48.9. The number of ether oxygens (including phenoxy) is 1. The zero-order valence-corrected chi connectivity index (χ0v) is 41.5. The van der Waals surface area contributed by atoms with Gasteiger partial charge < -0.3 is 20.7 Å². The van der Waals surface area contributed by atoms with Crippen molar-refractivity contribution in [1.82, 2.24) is 16.0 Å². The van der Waals surface area contributed by atoms with E-state index in [1.807, 2.05) is 48.7 Å². The van der Waals surface area contributed by atoms with E-state index < -0.39 is 0 Å². The quantitative estimate of drug-likeness (QED) is 0.104. The molecule has 308 valence electrons. The molecule has 1 saturated carbocycles. The van der Waals surface area contributed by atoms with Gasteiger partial charge in [-0.1, -0.05) is 79.7 Å². The fraction of sp³-hybridized carbons (Fsp3) is 0.614. The molecule has 4 heterocycles. The van der Waals surface area contributed by atoms with Crippen molar-refractivity contribution < 1.29 is 9.53 Å². The summed E-state index contributed by atoms with van der Waals surface area (Å²) in [7, 11) is 0. The van der Waals surface area contributed by atoms with Gasteiger partial charge in [0, 0.05) is 77.3 Å². The Balaban J connectivity index is 0.000000222. The van der Waals surface area contributed by atoms with Crippen LogP contribution in [0.1, 0.15) is 113 Å². The molecule has 3 aromatic heterocycles. The van der Waals surface area contributed by atoms with Crippen molar-refractivity contribution in [2.45, 2.75) is 111 Å². The first-order valence-electron chi connectivity index (χ1n) is 20.0. The Morgan fingerprint density at radius 2 is 1.13 bits per heavy atom. The summed E-state index contributed by atoms with van der Waals surface area (Å²) in [5.41, 5.74) is 2.66. The molecular formula is C44H66Br3N3O2S3. The van der Waals surface area contributed by atoms with E-state index in [4.69, 9.17) is 4.74 Å². The van der Waals surface area contributed by atoms with Crippen LogP contribution in [-0.4, -0.2) is 57.3 Å². The highest BCUT2D eigenvalue weighted by Gasteiger charge is 2.26. The number of thiophene rings is 3. The van der Waals surface area contributed by atoms with Crippen LogP contribution in [0.5, 0.6) is 0 Å². The van der Waals surface area contributed by atoms with E-state index in [9.17, 15) is 4.79 Å². The van der Waals surface area contributed by atoms with E-state index >= 15 is 0 Å². The standard InChI is InChI=1S/C16H24BrNOS.C15H22BrNS.C13H20BrNOS/c1-11(2)12(3)14(15-4-5-16(17)20-15)10-18-13-6-8-19-9-7-13;1-10(2)11(3)13(9-17-8-12-4-5-12)14-6-7-15(16)18-14;1-8(2)13(16)10(7-15-9(3)4)11-5-6-12(14)17-11/h4-5,11,13-14,18H,3,6-10H2,1-2H3;6-7,10,12-13,17H,3-5,8-9H2,1-2H3;5-6,8-10,15H,7H2,1-4H3/t14-;13-;10-/m001/s1. The van der Waals surface area contributed by atoms with Crippen molar-refractivity contribution in [1.29, 1.82) is 0 Å². The van der Waals surface area contributed by atoms with Crippen LogP contribution in [-0.2, 0) is 9.53 Å². The lowest BCUT2D eigenvalue weighted by atomic mass is 9.89. The van der Waals surface area contributed by atoms with E-state index in [2.05, 4.69) is 143 Å². The van der Waals surface area contributed by atoms with Gasteiger partial charge in [-0.05, 0) is 134 Å². The van der Waals surface area contributed by atoms with E-state index in [-0.39, 0.29) is 11.8 Å². The maximum atomic E-state index is 12.2. The first-order chi connectivity index (χ1) is 26.1. The molecule has 0 unspecified atom stereocenters. The molecule has 3 aromatic rings. The van der Waals surface area contributed by atoms with Crippen LogP contribution in [0.2, 0.25) is 0 Å². The molecule has 11 heteroatoms. The minimum atomic E-state index is -0.0197. The molecule has 1 aliphatic heterocycles. The van der Waals surface area contributed by atoms with E-state index in [1.54, 1.807) is 11.3 Å². The van der Waals surface area contributed by atoms with Crippen LogP contribution >= 0.6 is 81.8 Å². The van der Waals surface area contributed by atoms with Crippen molar-refractivity contribution >= 4 is 87.6 Å². The second-order valence-electron chi connectivity index (χ2n) is 16.1. The highest BCUT2D eigenvalue weighted by molar-refractivity contribution is 9.11. The van der Waals surface area contributed by atoms with Crippen LogP contribution < -0.4 is 16.0 Å². The van der Waals surface area contributed by atoms with Crippen molar-refractivity contribution in [3.63, 3.8) is 0 Å². The summed E-state index contributed by atoms with van der Waals surface area (Å²) in [5, 5.41) is 10.7. The average Bonchev–Trinajstić information content (AvgIpc) is 3.44. The summed E-state index contributed by atoms with van der Waals surface area (Å²) in [6.45, 7) is 31.4. The monoisotopic (exact) mass is 1000 g/mol. The lowest BCUT2D eigenvalue weighted by Gasteiger charge is -2.27. The maximum absolute atomic E-state index is 12.2. The van der Waals surface area contributed by atoms with Gasteiger partial charge in [0.2, 0.25) is 0 Å². The molecule has 0 spiro atoms. The van der Waals surface area contributed by atoms with E-state index in [0.717, 1.165) is 60.3 Å². The molecule has 2 fully saturated rings. The van der Waals surface area contributed by atoms with Crippen LogP contribution in [0.3, 0.4) is 0 Å². The van der Waals surface area contributed by atoms with Gasteiger partial charge in [-0.3, -0.25) is 4.79 Å². The topological polar surface area (TPSA) is 62.4 Å². The third kappa shape index (κ3) is 17.7. The molecule has 0 amide bonds. The van der Waals surface area contributed by atoms with Crippen LogP contribution in [0.25, 0.3) is 0 Å². The Bertz CT molecular complexity index is 1590. The number of halogens is 3. The van der Waals surface area contributed by atoms with Crippen molar-refractivity contribution in [2.75, 3.05) is 39.4 Å². The summed E-state index contributed by atoms with van der Waals surface area (Å²) in [6, 6.07) is 13.8. The molecule has 0 bridgehead atoms. The predicted molar refractivity (Wildman–Crippen MR) is 253 cm³/mol. The third-order valence-corrected chi connectivity index (χ3v) is 15.4. The van der Waals surface area contributed by atoms with E-state index in [0.29, 0.717) is 41.5 Å². The normalized spacial score (nSPS) is 16.4. The molecule has 0 radical (unpaired) electrons. The van der Waals surface area contributed by atoms with Crippen LogP contribution in [0.4, 0.5) is 0 Å². The fourth-order valence-electron chi connectivity index (χ4n) is 6.22. The highest BCUT2D eigenvalue weighted by Crippen LogP contribution is 2.37. The molecule has 3 N–H and O–H groups in total. The molecular weight excluding hydrogens is 938 g/mol. The third-order valence-electron chi connectivity index (χ3n) is 10.1. The Hall–Kier alpha value is -0.470. The van der Waals surface area contributed by atoms with Gasteiger partial charge in [0.1, 0.15) is 5.78 Å². The summed E-state index contributed by atoms with van der Waals surface area (Å²) in [6.07, 6.45) is 5.06. The first-order valence-corrected chi connectivity index (χ1v) is 24.8. The Morgan fingerprint density at radius 1 is 0.673 bits per heavy atom. The zero-order valence-electron chi connectivity index (χ0n) is 34.3. The molecule has 5 rings (SSSR count). The Labute approximate surface area is 370 Å². The molecule has 1 aliphatic carbocycles. The van der Waals surface area contributed by atoms with Crippen LogP contribution in [0, 0.1) is 23.7 Å².